The Kier molecular flexibility index (Phi) is 2.91. The van der Waals surface area contributed by atoms with Crippen LogP contribution in [0.2, 0.25) is 0 Å². The quantitative estimate of drug-likeness (QED) is 0.896. The van der Waals surface area contributed by atoms with Crippen molar-refractivity contribution in [1.82, 2.24) is 14.6 Å². The van der Waals surface area contributed by atoms with Gasteiger partial charge in [-0.05, 0) is 44.4 Å². The van der Waals surface area contributed by atoms with Crippen molar-refractivity contribution in [3.05, 3.63) is 24.0 Å². The molecular formula is C13H18N4O. The molecule has 1 fully saturated rings. The first kappa shape index (κ1) is 11.5. The molecule has 0 aliphatic heterocycles. The summed E-state index contributed by atoms with van der Waals surface area (Å²) in [6, 6.07) is 4.62. The first-order chi connectivity index (χ1) is 8.76. The molecule has 1 aliphatic rings. The van der Waals surface area contributed by atoms with Gasteiger partial charge in [0.15, 0.2) is 5.65 Å². The molecule has 1 N–H and O–H groups in total. The second-order valence-corrected chi connectivity index (χ2v) is 4.84. The maximum absolute atomic E-state index is 5.57. The molecule has 2 aromatic heterocycles. The van der Waals surface area contributed by atoms with Gasteiger partial charge in [-0.15, -0.1) is 0 Å². The summed E-state index contributed by atoms with van der Waals surface area (Å²) in [4.78, 5) is 4.22. The first-order valence-electron chi connectivity index (χ1n) is 6.45. The van der Waals surface area contributed by atoms with Gasteiger partial charge >= 0.3 is 0 Å². The number of aromatic nitrogens is 3. The predicted molar refractivity (Wildman–Crippen MR) is 69.8 cm³/mol. The molecule has 3 rings (SSSR count). The minimum Gasteiger partial charge on any atom is -0.378 e. The number of fused-ring (bicyclic) bond motifs is 1. The molecule has 0 saturated heterocycles. The molecule has 18 heavy (non-hydrogen) atoms. The van der Waals surface area contributed by atoms with Crippen LogP contribution in [0, 0.1) is 6.92 Å². The van der Waals surface area contributed by atoms with E-state index in [1.54, 1.807) is 6.33 Å². The Bertz CT molecular complexity index is 545. The van der Waals surface area contributed by atoms with Gasteiger partial charge in [0.25, 0.3) is 0 Å². The molecule has 1 saturated carbocycles. The zero-order chi connectivity index (χ0) is 12.5. The Morgan fingerprint density at radius 1 is 1.44 bits per heavy atom. The molecule has 2 aromatic rings. The third kappa shape index (κ3) is 2.06. The van der Waals surface area contributed by atoms with E-state index in [-0.39, 0.29) is 0 Å². The topological polar surface area (TPSA) is 51.5 Å². The summed E-state index contributed by atoms with van der Waals surface area (Å²) in [5, 5.41) is 7.76. The number of nitrogens with zero attached hydrogens (tertiary/aromatic N) is 3. The molecule has 0 aromatic carbocycles. The van der Waals surface area contributed by atoms with Gasteiger partial charge in [0.1, 0.15) is 12.1 Å². The second-order valence-electron chi connectivity index (χ2n) is 4.84. The number of pyridine rings is 1. The molecule has 5 heteroatoms. The highest BCUT2D eigenvalue weighted by Gasteiger charge is 2.29. The third-order valence-electron chi connectivity index (χ3n) is 3.37. The van der Waals surface area contributed by atoms with E-state index >= 15 is 0 Å². The average Bonchev–Trinajstić information content (AvgIpc) is 2.74. The van der Waals surface area contributed by atoms with Crippen LogP contribution in [0.15, 0.2) is 18.5 Å². The molecule has 2 heterocycles. The fourth-order valence-electron chi connectivity index (χ4n) is 2.42. The summed E-state index contributed by atoms with van der Waals surface area (Å²) in [6.07, 6.45) is 4.14. The van der Waals surface area contributed by atoms with E-state index in [1.165, 1.54) is 5.56 Å². The molecule has 0 bridgehead atoms. The van der Waals surface area contributed by atoms with Gasteiger partial charge in [-0.2, -0.15) is 9.61 Å². The Labute approximate surface area is 106 Å². The minimum atomic E-state index is 0.420. The molecule has 0 amide bonds. The van der Waals surface area contributed by atoms with E-state index in [1.807, 2.05) is 17.5 Å². The van der Waals surface area contributed by atoms with Crippen LogP contribution < -0.4 is 5.32 Å². The Morgan fingerprint density at radius 2 is 2.28 bits per heavy atom. The summed E-state index contributed by atoms with van der Waals surface area (Å²) in [6.45, 7) is 4.92. The van der Waals surface area contributed by atoms with Crippen LogP contribution in [-0.2, 0) is 4.74 Å². The van der Waals surface area contributed by atoms with Gasteiger partial charge < -0.3 is 10.1 Å². The Hall–Kier alpha value is -1.62. The zero-order valence-corrected chi connectivity index (χ0v) is 10.8. The highest BCUT2D eigenvalue weighted by Crippen LogP contribution is 2.27. The lowest BCUT2D eigenvalue weighted by Gasteiger charge is -2.36. The molecule has 96 valence electrons. The van der Waals surface area contributed by atoms with Crippen LogP contribution >= 0.6 is 0 Å². The van der Waals surface area contributed by atoms with Crippen LogP contribution in [0.1, 0.15) is 25.3 Å². The van der Waals surface area contributed by atoms with Crippen molar-refractivity contribution in [3.8, 4) is 0 Å². The van der Waals surface area contributed by atoms with Crippen LogP contribution in [0.3, 0.4) is 0 Å². The van der Waals surface area contributed by atoms with Crippen molar-refractivity contribution in [2.75, 3.05) is 11.9 Å². The molecule has 5 nitrogen and oxygen atoms in total. The largest absolute Gasteiger partial charge is 0.378 e. The summed E-state index contributed by atoms with van der Waals surface area (Å²) in [5.74, 6) is 1.02. The molecule has 0 unspecified atom stereocenters. The zero-order valence-electron chi connectivity index (χ0n) is 10.8. The number of aryl methyl sites for hydroxylation is 1. The second kappa shape index (κ2) is 4.57. The van der Waals surface area contributed by atoms with Gasteiger partial charge in [-0.3, -0.25) is 0 Å². The fourth-order valence-corrected chi connectivity index (χ4v) is 2.42. The average molecular weight is 246 g/mol. The maximum atomic E-state index is 5.57. The number of rotatable bonds is 4. The summed E-state index contributed by atoms with van der Waals surface area (Å²) in [5.41, 5.74) is 2.08. The van der Waals surface area contributed by atoms with Gasteiger partial charge in [0.05, 0.1) is 6.10 Å². The monoisotopic (exact) mass is 246 g/mol. The lowest BCUT2D eigenvalue weighted by Crippen LogP contribution is -2.41. The van der Waals surface area contributed by atoms with Crippen molar-refractivity contribution in [1.29, 1.82) is 0 Å². The van der Waals surface area contributed by atoms with Crippen molar-refractivity contribution in [2.45, 2.75) is 38.8 Å². The Balaban J connectivity index is 1.73. The molecule has 1 aliphatic carbocycles. The van der Waals surface area contributed by atoms with E-state index in [9.17, 15) is 0 Å². The van der Waals surface area contributed by atoms with Crippen LogP contribution in [0.25, 0.3) is 5.65 Å². The number of hydrogen-bond donors (Lipinski definition) is 1. The summed E-state index contributed by atoms with van der Waals surface area (Å²) in [7, 11) is 0. The SMILES string of the molecule is CCOC1CC(Nc2cc(C)cc3ncnn23)C1. The van der Waals surface area contributed by atoms with Crippen molar-refractivity contribution >= 4 is 11.5 Å². The van der Waals surface area contributed by atoms with Gasteiger partial charge in [-0.1, -0.05) is 0 Å². The Morgan fingerprint density at radius 3 is 3.06 bits per heavy atom. The van der Waals surface area contributed by atoms with Crippen molar-refractivity contribution < 1.29 is 4.74 Å². The maximum Gasteiger partial charge on any atom is 0.157 e. The highest BCUT2D eigenvalue weighted by atomic mass is 16.5. The van der Waals surface area contributed by atoms with Crippen molar-refractivity contribution in [2.24, 2.45) is 0 Å². The molecular weight excluding hydrogens is 228 g/mol. The number of nitrogens with one attached hydrogen (secondary N) is 1. The minimum absolute atomic E-state index is 0.420. The first-order valence-corrected chi connectivity index (χ1v) is 6.45. The van der Waals surface area contributed by atoms with Crippen LogP contribution in [0.5, 0.6) is 0 Å². The fraction of sp³-hybridized carbons (Fsp3) is 0.538. The summed E-state index contributed by atoms with van der Waals surface area (Å²) < 4.78 is 7.42. The molecule has 0 spiro atoms. The van der Waals surface area contributed by atoms with E-state index in [0.717, 1.165) is 30.9 Å². The summed E-state index contributed by atoms with van der Waals surface area (Å²) >= 11 is 0. The lowest BCUT2D eigenvalue weighted by molar-refractivity contribution is 0.00289. The van der Waals surface area contributed by atoms with E-state index < -0.39 is 0 Å². The standard InChI is InChI=1S/C13H18N4O/c1-3-18-11-6-10(7-11)16-13-5-9(2)4-12-14-8-15-17(12)13/h4-5,8,10-11,16H,3,6-7H2,1-2H3. The van der Waals surface area contributed by atoms with Gasteiger partial charge in [-0.25, -0.2) is 4.98 Å². The highest BCUT2D eigenvalue weighted by molar-refractivity contribution is 5.51. The lowest BCUT2D eigenvalue weighted by atomic mass is 9.89. The van der Waals surface area contributed by atoms with E-state index in [0.29, 0.717) is 12.1 Å². The molecule has 0 radical (unpaired) electrons. The van der Waals surface area contributed by atoms with Gasteiger partial charge in [0, 0.05) is 12.6 Å². The third-order valence-corrected chi connectivity index (χ3v) is 3.37. The van der Waals surface area contributed by atoms with Crippen molar-refractivity contribution in [3.63, 3.8) is 0 Å². The molecule has 0 atom stereocenters. The van der Waals surface area contributed by atoms with E-state index in [2.05, 4.69) is 28.4 Å². The number of ether oxygens (including phenoxy) is 1. The number of hydrogen-bond acceptors (Lipinski definition) is 4. The van der Waals surface area contributed by atoms with Gasteiger partial charge in [0.2, 0.25) is 0 Å². The normalized spacial score (nSPS) is 23.0. The van der Waals surface area contributed by atoms with E-state index in [4.69, 9.17) is 4.74 Å². The van der Waals surface area contributed by atoms with Crippen LogP contribution in [0.4, 0.5) is 5.82 Å². The smallest absolute Gasteiger partial charge is 0.157 e. The van der Waals surface area contributed by atoms with Crippen LogP contribution in [-0.4, -0.2) is 33.4 Å². The predicted octanol–water partition coefficient (Wildman–Crippen LogP) is 2.02. The number of anilines is 1.